The van der Waals surface area contributed by atoms with E-state index in [9.17, 15) is 9.59 Å². The molecule has 3 aromatic carbocycles. The van der Waals surface area contributed by atoms with Crippen LogP contribution < -0.4 is 0 Å². The van der Waals surface area contributed by atoms with E-state index in [1.807, 2.05) is 6.07 Å². The second-order valence-electron chi connectivity index (χ2n) is 11.5. The third kappa shape index (κ3) is 5.69. The predicted molar refractivity (Wildman–Crippen MR) is 165 cm³/mol. The summed E-state index contributed by atoms with van der Waals surface area (Å²) in [5, 5.41) is 0. The number of carbonyl (C=O) groups excluding carboxylic acids is 2. The van der Waals surface area contributed by atoms with Gasteiger partial charge in [0.25, 0.3) is 5.91 Å². The fraction of sp³-hybridized carbons (Fsp3) is 0.382. The Morgan fingerprint density at radius 2 is 1.36 bits per heavy atom. The van der Waals surface area contributed by atoms with E-state index in [1.54, 1.807) is 19.0 Å². The summed E-state index contributed by atoms with van der Waals surface area (Å²) in [6.45, 7) is 5.08. The largest absolute Gasteiger partial charge is 0.344 e. The number of benzene rings is 3. The van der Waals surface area contributed by atoms with Crippen LogP contribution in [-0.2, 0) is 11.2 Å². The Bertz CT molecular complexity index is 1350. The summed E-state index contributed by atoms with van der Waals surface area (Å²) in [6, 6.07) is 31.4. The highest BCUT2D eigenvalue weighted by Crippen LogP contribution is 2.31. The second-order valence-corrected chi connectivity index (χ2v) is 11.5. The van der Waals surface area contributed by atoms with Crippen molar-refractivity contribution in [3.05, 3.63) is 108 Å². The number of hydrogen-bond donors (Lipinski definition) is 0. The lowest BCUT2D eigenvalue weighted by molar-refractivity contribution is -0.136. The zero-order valence-corrected chi connectivity index (χ0v) is 24.5. The lowest BCUT2D eigenvalue weighted by Gasteiger charge is -2.41. The first-order valence-corrected chi connectivity index (χ1v) is 15.0. The molecule has 0 aromatic heterocycles. The fourth-order valence-electron chi connectivity index (χ4n) is 6.58. The summed E-state index contributed by atoms with van der Waals surface area (Å²) < 4.78 is 0. The number of aliphatic imine (C=N–C) groups is 1. The summed E-state index contributed by atoms with van der Waals surface area (Å²) in [7, 11) is 3.33. The fourth-order valence-corrected chi connectivity index (χ4v) is 6.58. The maximum absolute atomic E-state index is 13.4. The molecular formula is C34H40N6O2. The Morgan fingerprint density at radius 3 is 1.95 bits per heavy atom. The topological polar surface area (TPSA) is 62.7 Å². The van der Waals surface area contributed by atoms with Gasteiger partial charge in [-0.3, -0.25) is 19.5 Å². The van der Waals surface area contributed by atoms with Crippen LogP contribution in [0.25, 0.3) is 0 Å². The van der Waals surface area contributed by atoms with Gasteiger partial charge in [0.15, 0.2) is 12.2 Å². The van der Waals surface area contributed by atoms with E-state index in [1.165, 1.54) is 21.6 Å². The lowest BCUT2D eigenvalue weighted by atomic mass is 9.96. The number of imide groups is 1. The Balaban J connectivity index is 1.16. The van der Waals surface area contributed by atoms with Gasteiger partial charge in [-0.05, 0) is 29.5 Å². The van der Waals surface area contributed by atoms with E-state index < -0.39 is 12.2 Å². The first kappa shape index (κ1) is 28.1. The molecule has 6 rings (SSSR count). The van der Waals surface area contributed by atoms with Crippen molar-refractivity contribution in [1.82, 2.24) is 24.5 Å². The molecule has 2 atom stereocenters. The average molecular weight is 565 g/mol. The summed E-state index contributed by atoms with van der Waals surface area (Å²) in [5.74, 6) is 0.748. The van der Waals surface area contributed by atoms with Gasteiger partial charge in [0.05, 0.1) is 12.6 Å². The highest BCUT2D eigenvalue weighted by molar-refractivity contribution is 6.04. The quantitative estimate of drug-likeness (QED) is 0.394. The maximum Gasteiger partial charge on any atom is 0.328 e. The van der Waals surface area contributed by atoms with Crippen LogP contribution >= 0.6 is 0 Å². The number of fused-ring (bicyclic) bond motifs is 1. The molecule has 218 valence electrons. The third-order valence-corrected chi connectivity index (χ3v) is 8.88. The number of amidine groups is 1. The van der Waals surface area contributed by atoms with Gasteiger partial charge in [-0.2, -0.15) is 0 Å². The second kappa shape index (κ2) is 12.5. The number of nitrogens with zero attached hydrogens (tertiary/aromatic N) is 6. The Hall–Kier alpha value is -4.01. The molecule has 42 heavy (non-hydrogen) atoms. The third-order valence-electron chi connectivity index (χ3n) is 8.88. The van der Waals surface area contributed by atoms with Crippen molar-refractivity contribution >= 4 is 17.8 Å². The van der Waals surface area contributed by atoms with Crippen LogP contribution in [0.2, 0.25) is 0 Å². The zero-order chi connectivity index (χ0) is 29.1. The van der Waals surface area contributed by atoms with Crippen molar-refractivity contribution < 1.29 is 9.59 Å². The Morgan fingerprint density at radius 1 is 0.786 bits per heavy atom. The molecule has 0 spiro atoms. The maximum atomic E-state index is 13.4. The van der Waals surface area contributed by atoms with E-state index in [0.29, 0.717) is 6.54 Å². The molecule has 0 bridgehead atoms. The molecule has 2 saturated heterocycles. The summed E-state index contributed by atoms with van der Waals surface area (Å²) >= 11 is 0. The molecule has 0 aliphatic carbocycles. The molecule has 3 amide bonds. The van der Waals surface area contributed by atoms with Crippen LogP contribution in [0.3, 0.4) is 0 Å². The molecule has 0 N–H and O–H groups in total. The van der Waals surface area contributed by atoms with Gasteiger partial charge in [0, 0.05) is 46.8 Å². The first-order valence-electron chi connectivity index (χ1n) is 15.0. The van der Waals surface area contributed by atoms with Gasteiger partial charge < -0.3 is 9.80 Å². The van der Waals surface area contributed by atoms with E-state index in [0.717, 1.165) is 51.4 Å². The minimum atomic E-state index is -0.477. The monoisotopic (exact) mass is 564 g/mol. The lowest BCUT2D eigenvalue weighted by Crippen LogP contribution is -2.64. The van der Waals surface area contributed by atoms with Crippen LogP contribution in [0.15, 0.2) is 96.0 Å². The molecule has 3 heterocycles. The van der Waals surface area contributed by atoms with Gasteiger partial charge in [0.1, 0.15) is 5.84 Å². The van der Waals surface area contributed by atoms with Crippen molar-refractivity contribution in [2.45, 2.75) is 31.1 Å². The average Bonchev–Trinajstić information content (AvgIpc) is 3.39. The summed E-state index contributed by atoms with van der Waals surface area (Å²) in [6.07, 6.45) is 1.36. The zero-order valence-electron chi connectivity index (χ0n) is 24.5. The number of likely N-dealkylation sites (N-methyl/N-ethyl adjacent to an activating group) is 2. The van der Waals surface area contributed by atoms with Gasteiger partial charge in [0.2, 0.25) is 0 Å². The van der Waals surface area contributed by atoms with Crippen molar-refractivity contribution in [1.29, 1.82) is 0 Å². The van der Waals surface area contributed by atoms with Crippen LogP contribution in [0, 0.1) is 0 Å². The number of rotatable bonds is 9. The minimum Gasteiger partial charge on any atom is -0.344 e. The number of urea groups is 1. The van der Waals surface area contributed by atoms with Crippen LogP contribution in [0.5, 0.6) is 0 Å². The molecule has 3 aliphatic heterocycles. The van der Waals surface area contributed by atoms with Crippen molar-refractivity contribution in [3.63, 3.8) is 0 Å². The minimum absolute atomic E-state index is 0.167. The summed E-state index contributed by atoms with van der Waals surface area (Å²) in [5.41, 5.74) is 3.90. The Labute approximate surface area is 248 Å². The number of aryl methyl sites for hydroxylation is 1. The van der Waals surface area contributed by atoms with Crippen molar-refractivity contribution in [2.24, 2.45) is 4.99 Å². The molecule has 3 aromatic rings. The van der Waals surface area contributed by atoms with Crippen molar-refractivity contribution in [2.75, 3.05) is 53.4 Å². The van der Waals surface area contributed by atoms with E-state index in [2.05, 4.69) is 99.6 Å². The molecule has 3 aliphatic rings. The van der Waals surface area contributed by atoms with Gasteiger partial charge in [-0.1, -0.05) is 91.0 Å². The predicted octanol–water partition coefficient (Wildman–Crippen LogP) is 3.96. The molecular weight excluding hydrogens is 524 g/mol. The van der Waals surface area contributed by atoms with Crippen LogP contribution in [-0.4, -0.2) is 108 Å². The summed E-state index contributed by atoms with van der Waals surface area (Å²) in [4.78, 5) is 41.2. The standard InChI is InChI=1S/C34H40N6O2/c1-36-32-31(33(41)37(2)34(36)42)40(20-12-15-26-13-6-3-7-14-26)29(35-32)25-38-21-23-39(24-22-38)30(27-16-8-4-9-17-27)28-18-10-5-11-19-28/h3-11,13-14,16-19,30-32H,12,15,20-25H2,1-2H3. The highest BCUT2D eigenvalue weighted by atomic mass is 16.2. The van der Waals surface area contributed by atoms with Gasteiger partial charge in [-0.15, -0.1) is 0 Å². The number of piperazine rings is 1. The SMILES string of the molecule is CN1C(=O)C2C(N=C(CN3CCN(C(c4ccccc4)c4ccccc4)CC3)N2CCCc2ccccc2)N(C)C1=O. The molecule has 0 saturated carbocycles. The molecule has 2 fully saturated rings. The van der Waals surface area contributed by atoms with Crippen LogP contribution in [0.1, 0.15) is 29.2 Å². The Kier molecular flexibility index (Phi) is 8.35. The molecule has 8 nitrogen and oxygen atoms in total. The van der Waals surface area contributed by atoms with Crippen LogP contribution in [0.4, 0.5) is 4.79 Å². The van der Waals surface area contributed by atoms with E-state index >= 15 is 0 Å². The first-order chi connectivity index (χ1) is 20.5. The molecule has 2 unspecified atom stereocenters. The number of carbonyl (C=O) groups is 2. The van der Waals surface area contributed by atoms with Gasteiger partial charge >= 0.3 is 6.03 Å². The highest BCUT2D eigenvalue weighted by Gasteiger charge is 2.50. The smallest absolute Gasteiger partial charge is 0.328 e. The number of hydrogen-bond acceptors (Lipinski definition) is 6. The molecule has 0 radical (unpaired) electrons. The number of amides is 3. The van der Waals surface area contributed by atoms with E-state index in [4.69, 9.17) is 4.99 Å². The van der Waals surface area contributed by atoms with Crippen molar-refractivity contribution in [3.8, 4) is 0 Å². The van der Waals surface area contributed by atoms with Gasteiger partial charge in [-0.25, -0.2) is 9.79 Å². The van der Waals surface area contributed by atoms with E-state index in [-0.39, 0.29) is 18.0 Å². The molecule has 8 heteroatoms. The normalized spacial score (nSPS) is 21.7.